The van der Waals surface area contributed by atoms with E-state index in [1.165, 1.54) is 9.80 Å². The summed E-state index contributed by atoms with van der Waals surface area (Å²) in [6, 6.07) is 2.52. The van der Waals surface area contributed by atoms with Crippen LogP contribution in [0.1, 0.15) is 36.1 Å². The van der Waals surface area contributed by atoms with E-state index in [4.69, 9.17) is 9.47 Å². The van der Waals surface area contributed by atoms with E-state index in [1.54, 1.807) is 13.8 Å². The Morgan fingerprint density at radius 3 is 1.77 bits per heavy atom. The number of carbonyl (C=O) groups is 4. The Morgan fingerprint density at radius 1 is 0.900 bits per heavy atom. The van der Waals surface area contributed by atoms with Gasteiger partial charge in [0.25, 0.3) is 11.3 Å². The molecule has 0 spiro atoms. The first kappa shape index (κ1) is 20.0. The summed E-state index contributed by atoms with van der Waals surface area (Å²) in [7, 11) is 0. The third-order valence-electron chi connectivity index (χ3n) is 6.00. The molecule has 4 amide bonds. The second-order valence-electron chi connectivity index (χ2n) is 7.60. The summed E-state index contributed by atoms with van der Waals surface area (Å²) >= 11 is 0. The highest BCUT2D eigenvalue weighted by Crippen LogP contribution is 2.47. The lowest BCUT2D eigenvalue weighted by molar-refractivity contribution is -0.178. The Hall–Kier alpha value is -3.30. The minimum atomic E-state index is -2.12. The van der Waals surface area contributed by atoms with E-state index < -0.39 is 35.3 Å². The molecule has 1 aromatic rings. The van der Waals surface area contributed by atoms with E-state index >= 15 is 0 Å². The Morgan fingerprint density at radius 2 is 1.33 bits per heavy atom. The van der Waals surface area contributed by atoms with Crippen LogP contribution in [0.2, 0.25) is 0 Å². The van der Waals surface area contributed by atoms with E-state index in [0.29, 0.717) is 0 Å². The quantitative estimate of drug-likeness (QED) is 0.704. The summed E-state index contributed by atoms with van der Waals surface area (Å²) in [6.45, 7) is 7.17. The number of hydrogen-bond acceptors (Lipinski definition) is 6. The Bertz CT molecular complexity index is 921. The van der Waals surface area contributed by atoms with Gasteiger partial charge in [0.2, 0.25) is 0 Å². The predicted molar refractivity (Wildman–Crippen MR) is 103 cm³/mol. The number of benzene rings is 1. The largest absolute Gasteiger partial charge is 0.463 e. The average Bonchev–Trinajstić information content (AvgIpc) is 2.99. The number of urea groups is 2. The van der Waals surface area contributed by atoms with Crippen LogP contribution in [0.25, 0.3) is 0 Å². The topological polar surface area (TPSA) is 117 Å². The number of nitrogens with zero attached hydrogens (tertiary/aromatic N) is 2. The van der Waals surface area contributed by atoms with Crippen LogP contribution in [0, 0.1) is 13.8 Å². The second kappa shape index (κ2) is 6.61. The van der Waals surface area contributed by atoms with Gasteiger partial charge in [-0.15, -0.1) is 0 Å². The zero-order chi connectivity index (χ0) is 21.8. The summed E-state index contributed by atoms with van der Waals surface area (Å²) in [5.41, 5.74) is -0.555. The highest BCUT2D eigenvalue weighted by Gasteiger charge is 2.81. The van der Waals surface area contributed by atoms with Gasteiger partial charge in [-0.05, 0) is 49.9 Å². The molecular formula is C20H24N4O6. The van der Waals surface area contributed by atoms with Crippen molar-refractivity contribution in [1.29, 1.82) is 0 Å². The molecule has 160 valence electrons. The normalized spacial score (nSPS) is 26.4. The number of rotatable bonds is 4. The number of amides is 4. The van der Waals surface area contributed by atoms with E-state index in [1.807, 2.05) is 26.0 Å². The molecule has 2 N–H and O–H groups in total. The number of aryl methyl sites for hydroxylation is 2. The highest BCUT2D eigenvalue weighted by atomic mass is 16.5. The van der Waals surface area contributed by atoms with E-state index in [2.05, 4.69) is 10.6 Å². The minimum Gasteiger partial charge on any atom is -0.463 e. The summed E-state index contributed by atoms with van der Waals surface area (Å²) in [5, 5.41) is 5.04. The first-order valence-electron chi connectivity index (χ1n) is 9.85. The first-order chi connectivity index (χ1) is 14.2. The molecule has 0 bridgehead atoms. The van der Waals surface area contributed by atoms with Crippen molar-refractivity contribution in [3.8, 4) is 0 Å². The molecule has 4 rings (SSSR count). The number of carbonyl (C=O) groups excluding carboxylic acids is 4. The van der Waals surface area contributed by atoms with Crippen LogP contribution in [0.4, 0.5) is 9.59 Å². The van der Waals surface area contributed by atoms with Gasteiger partial charge < -0.3 is 20.1 Å². The van der Waals surface area contributed by atoms with Gasteiger partial charge in [0, 0.05) is 0 Å². The molecule has 3 aliphatic heterocycles. The van der Waals surface area contributed by atoms with Crippen LogP contribution < -0.4 is 10.6 Å². The van der Waals surface area contributed by atoms with Gasteiger partial charge >= 0.3 is 24.0 Å². The van der Waals surface area contributed by atoms with Crippen molar-refractivity contribution in [3.63, 3.8) is 0 Å². The maximum Gasteiger partial charge on any atom is 0.358 e. The number of hydrogen-bond donors (Lipinski definition) is 2. The molecule has 0 radical (unpaired) electrons. The zero-order valence-corrected chi connectivity index (χ0v) is 17.3. The lowest BCUT2D eigenvalue weighted by Crippen LogP contribution is -2.74. The van der Waals surface area contributed by atoms with Crippen LogP contribution in [-0.4, -0.2) is 58.3 Å². The molecular weight excluding hydrogens is 392 g/mol. The van der Waals surface area contributed by atoms with Crippen molar-refractivity contribution in [2.75, 3.05) is 13.2 Å². The van der Waals surface area contributed by atoms with Crippen molar-refractivity contribution in [2.24, 2.45) is 0 Å². The Kier molecular flexibility index (Phi) is 4.41. The molecule has 2 fully saturated rings. The minimum absolute atomic E-state index is 0.00381. The van der Waals surface area contributed by atoms with Gasteiger partial charge in [-0.3, -0.25) is 9.80 Å². The Balaban J connectivity index is 1.98. The summed E-state index contributed by atoms with van der Waals surface area (Å²) in [6.07, 6.45) is 0. The lowest BCUT2D eigenvalue weighted by Gasteiger charge is -2.40. The molecule has 10 heteroatoms. The SMILES string of the molecule is CCOC(=O)C12NC(=O)N3Cc4cc(C)c(C)cc4CN(C(=O)N1)C32C(=O)OCC. The molecule has 0 aliphatic carbocycles. The summed E-state index contributed by atoms with van der Waals surface area (Å²) in [4.78, 5) is 55.0. The molecule has 0 unspecified atom stereocenters. The monoisotopic (exact) mass is 416 g/mol. The fourth-order valence-electron chi connectivity index (χ4n) is 4.54. The van der Waals surface area contributed by atoms with Crippen molar-refractivity contribution < 1.29 is 28.7 Å². The highest BCUT2D eigenvalue weighted by molar-refractivity contribution is 6.09. The number of nitrogens with one attached hydrogen (secondary N) is 2. The van der Waals surface area contributed by atoms with Crippen molar-refractivity contribution in [1.82, 2.24) is 20.4 Å². The van der Waals surface area contributed by atoms with Gasteiger partial charge in [0.15, 0.2) is 0 Å². The average molecular weight is 416 g/mol. The fourth-order valence-corrected chi connectivity index (χ4v) is 4.54. The number of fused-ring (bicyclic) bond motifs is 1. The third kappa shape index (κ3) is 2.30. The molecule has 0 atom stereocenters. The van der Waals surface area contributed by atoms with Crippen LogP contribution in [0.5, 0.6) is 0 Å². The van der Waals surface area contributed by atoms with E-state index in [0.717, 1.165) is 22.3 Å². The zero-order valence-electron chi connectivity index (χ0n) is 17.3. The van der Waals surface area contributed by atoms with E-state index in [9.17, 15) is 19.2 Å². The van der Waals surface area contributed by atoms with Crippen LogP contribution >= 0.6 is 0 Å². The smallest absolute Gasteiger partial charge is 0.358 e. The maximum absolute atomic E-state index is 13.4. The van der Waals surface area contributed by atoms with Crippen molar-refractivity contribution >= 4 is 24.0 Å². The molecule has 0 aromatic heterocycles. The summed E-state index contributed by atoms with van der Waals surface area (Å²) < 4.78 is 10.5. The van der Waals surface area contributed by atoms with Crippen LogP contribution in [0.15, 0.2) is 12.1 Å². The fraction of sp³-hybridized carbons (Fsp3) is 0.500. The predicted octanol–water partition coefficient (Wildman–Crippen LogP) is 0.886. The van der Waals surface area contributed by atoms with Gasteiger partial charge in [-0.25, -0.2) is 19.2 Å². The van der Waals surface area contributed by atoms with Crippen LogP contribution in [0.3, 0.4) is 0 Å². The molecule has 30 heavy (non-hydrogen) atoms. The lowest BCUT2D eigenvalue weighted by atomic mass is 9.93. The van der Waals surface area contributed by atoms with Gasteiger partial charge in [0.05, 0.1) is 26.3 Å². The molecule has 2 saturated heterocycles. The van der Waals surface area contributed by atoms with E-state index in [-0.39, 0.29) is 26.3 Å². The number of ether oxygens (including phenoxy) is 2. The molecule has 10 nitrogen and oxygen atoms in total. The van der Waals surface area contributed by atoms with Crippen LogP contribution in [-0.2, 0) is 32.2 Å². The molecule has 3 heterocycles. The molecule has 3 aliphatic rings. The first-order valence-corrected chi connectivity index (χ1v) is 9.85. The van der Waals surface area contributed by atoms with Crippen molar-refractivity contribution in [3.05, 3.63) is 34.4 Å². The maximum atomic E-state index is 13.4. The number of esters is 2. The molecule has 0 saturated carbocycles. The standard InChI is InChI=1S/C20H24N4O6/c1-5-29-15(25)19-20(16(26)30-6-2)23(17(27)21-19)9-13-7-11(3)12(4)8-14(13)10-24(20)18(28)22-19/h7-8H,5-6,9-10H2,1-4H3,(H,21,27)(H,22,28). The van der Waals surface area contributed by atoms with Gasteiger partial charge in [-0.2, -0.15) is 0 Å². The van der Waals surface area contributed by atoms with Gasteiger partial charge in [0.1, 0.15) is 0 Å². The summed E-state index contributed by atoms with van der Waals surface area (Å²) in [5.74, 6) is -1.81. The van der Waals surface area contributed by atoms with Gasteiger partial charge in [-0.1, -0.05) is 12.1 Å². The van der Waals surface area contributed by atoms with Crippen molar-refractivity contribution in [2.45, 2.75) is 52.1 Å². The Labute approximate surface area is 173 Å². The second-order valence-corrected chi connectivity index (χ2v) is 7.60. The third-order valence-corrected chi connectivity index (χ3v) is 6.00. The molecule has 1 aromatic carbocycles.